The van der Waals surface area contributed by atoms with Gasteiger partial charge in [0.25, 0.3) is 5.69 Å². The first-order valence-corrected chi connectivity index (χ1v) is 9.31. The number of nitro groups is 1. The van der Waals surface area contributed by atoms with Gasteiger partial charge in [-0.1, -0.05) is 23.4 Å². The lowest BCUT2D eigenvalue weighted by Crippen LogP contribution is -2.15. The molecule has 7 nitrogen and oxygen atoms in total. The Morgan fingerprint density at radius 2 is 2.19 bits per heavy atom. The normalized spacial score (nSPS) is 10.5. The van der Waals surface area contributed by atoms with Crippen molar-refractivity contribution < 1.29 is 9.72 Å². The van der Waals surface area contributed by atoms with Crippen LogP contribution >= 0.6 is 34.7 Å². The zero-order chi connectivity index (χ0) is 18.7. The maximum Gasteiger partial charge on any atom is 0.270 e. The quantitative estimate of drug-likeness (QED) is 0.382. The smallest absolute Gasteiger partial charge is 0.270 e. The molecule has 0 saturated heterocycles. The van der Waals surface area contributed by atoms with E-state index in [1.165, 1.54) is 35.2 Å². The molecule has 0 aliphatic rings. The molecule has 1 N–H and O–H groups in total. The van der Waals surface area contributed by atoms with E-state index in [2.05, 4.69) is 10.3 Å². The van der Waals surface area contributed by atoms with Gasteiger partial charge in [-0.25, -0.2) is 4.98 Å². The van der Waals surface area contributed by atoms with Gasteiger partial charge in [0, 0.05) is 17.2 Å². The average molecular weight is 405 g/mol. The molecule has 0 atom stereocenters. The SMILES string of the molecule is N#Cc1cc([N+](=O)[O-])ccc1NC(=O)CSc1nc2cc(Cl)ccc2s1. The van der Waals surface area contributed by atoms with E-state index in [1.807, 2.05) is 12.1 Å². The largest absolute Gasteiger partial charge is 0.324 e. The summed E-state index contributed by atoms with van der Waals surface area (Å²) in [6.07, 6.45) is 0. The van der Waals surface area contributed by atoms with Gasteiger partial charge in [-0.3, -0.25) is 14.9 Å². The first-order chi connectivity index (χ1) is 12.5. The molecule has 3 aromatic rings. The highest BCUT2D eigenvalue weighted by Crippen LogP contribution is 2.31. The van der Waals surface area contributed by atoms with Crippen molar-refractivity contribution >= 4 is 62.2 Å². The number of nitrogens with one attached hydrogen (secondary N) is 1. The number of benzene rings is 2. The molecule has 1 heterocycles. The van der Waals surface area contributed by atoms with Gasteiger partial charge >= 0.3 is 0 Å². The predicted molar refractivity (Wildman–Crippen MR) is 102 cm³/mol. The van der Waals surface area contributed by atoms with E-state index in [0.29, 0.717) is 5.02 Å². The molecule has 0 fully saturated rings. The van der Waals surface area contributed by atoms with E-state index >= 15 is 0 Å². The minimum absolute atomic E-state index is 0.0344. The maximum atomic E-state index is 12.1. The molecule has 1 amide bonds. The molecule has 0 aliphatic carbocycles. The van der Waals surface area contributed by atoms with Gasteiger partial charge in [-0.15, -0.1) is 11.3 Å². The summed E-state index contributed by atoms with van der Waals surface area (Å²) in [4.78, 5) is 26.7. The molecule has 0 saturated carbocycles. The number of amides is 1. The van der Waals surface area contributed by atoms with Crippen LogP contribution in [-0.2, 0) is 4.79 Å². The Morgan fingerprint density at radius 3 is 2.92 bits per heavy atom. The monoisotopic (exact) mass is 404 g/mol. The Kier molecular flexibility index (Phi) is 5.37. The number of non-ortho nitro benzene ring substituents is 1. The number of nitriles is 1. The summed E-state index contributed by atoms with van der Waals surface area (Å²) >= 11 is 8.65. The van der Waals surface area contributed by atoms with Crippen LogP contribution in [0, 0.1) is 21.4 Å². The van der Waals surface area contributed by atoms with Crippen LogP contribution < -0.4 is 5.32 Å². The van der Waals surface area contributed by atoms with Crippen LogP contribution in [0.3, 0.4) is 0 Å². The van der Waals surface area contributed by atoms with Gasteiger partial charge in [-0.05, 0) is 24.3 Å². The van der Waals surface area contributed by atoms with E-state index in [9.17, 15) is 14.9 Å². The summed E-state index contributed by atoms with van der Waals surface area (Å²) in [5.74, 6) is -0.243. The van der Waals surface area contributed by atoms with Crippen molar-refractivity contribution in [3.63, 3.8) is 0 Å². The molecular weight excluding hydrogens is 396 g/mol. The fourth-order valence-electron chi connectivity index (χ4n) is 2.10. The van der Waals surface area contributed by atoms with Crippen LogP contribution in [0.15, 0.2) is 40.7 Å². The molecule has 10 heteroatoms. The number of rotatable bonds is 5. The number of thioether (sulfide) groups is 1. The van der Waals surface area contributed by atoms with E-state index < -0.39 is 4.92 Å². The number of fused-ring (bicyclic) bond motifs is 1. The Morgan fingerprint density at radius 1 is 1.38 bits per heavy atom. The molecule has 0 bridgehead atoms. The van der Waals surface area contributed by atoms with Gasteiger partial charge < -0.3 is 5.32 Å². The zero-order valence-electron chi connectivity index (χ0n) is 12.9. The summed E-state index contributed by atoms with van der Waals surface area (Å²) in [5, 5.41) is 23.0. The summed E-state index contributed by atoms with van der Waals surface area (Å²) in [5.41, 5.74) is 0.835. The van der Waals surface area contributed by atoms with Crippen molar-refractivity contribution in [1.29, 1.82) is 5.26 Å². The lowest BCUT2D eigenvalue weighted by molar-refractivity contribution is -0.384. The number of nitrogens with zero attached hydrogens (tertiary/aromatic N) is 3. The molecule has 2 aromatic carbocycles. The van der Waals surface area contributed by atoms with Gasteiger partial charge in [0.05, 0.1) is 32.1 Å². The minimum atomic E-state index is -0.596. The fraction of sp³-hybridized carbons (Fsp3) is 0.0625. The molecule has 3 rings (SSSR count). The summed E-state index contributed by atoms with van der Waals surface area (Å²) in [6, 6.07) is 11.0. The lowest BCUT2D eigenvalue weighted by Gasteiger charge is -2.06. The number of halogens is 1. The van der Waals surface area contributed by atoms with Crippen molar-refractivity contribution in [2.24, 2.45) is 0 Å². The Labute approximate surface area is 160 Å². The molecule has 0 aliphatic heterocycles. The third kappa shape index (κ3) is 4.11. The van der Waals surface area contributed by atoms with Crippen LogP contribution in [0.1, 0.15) is 5.56 Å². The number of carbonyl (C=O) groups excluding carboxylic acids is 1. The van der Waals surface area contributed by atoms with E-state index in [1.54, 1.807) is 12.1 Å². The Hall–Kier alpha value is -2.67. The number of hydrogen-bond acceptors (Lipinski definition) is 7. The molecule has 1 aromatic heterocycles. The van der Waals surface area contributed by atoms with E-state index in [0.717, 1.165) is 20.6 Å². The highest BCUT2D eigenvalue weighted by Gasteiger charge is 2.14. The van der Waals surface area contributed by atoms with Crippen LogP contribution in [0.2, 0.25) is 5.02 Å². The lowest BCUT2D eigenvalue weighted by atomic mass is 10.1. The average Bonchev–Trinajstić information content (AvgIpc) is 3.02. The molecular formula is C16H9ClN4O3S2. The van der Waals surface area contributed by atoms with Gasteiger partial charge in [0.1, 0.15) is 6.07 Å². The summed E-state index contributed by atoms with van der Waals surface area (Å²) < 4.78 is 1.70. The second kappa shape index (κ2) is 7.70. The first-order valence-electron chi connectivity index (χ1n) is 7.13. The van der Waals surface area contributed by atoms with Gasteiger partial charge in [0.2, 0.25) is 5.91 Å². The third-order valence-corrected chi connectivity index (χ3v) is 5.68. The zero-order valence-corrected chi connectivity index (χ0v) is 15.3. The number of anilines is 1. The van der Waals surface area contributed by atoms with Crippen molar-refractivity contribution in [1.82, 2.24) is 4.98 Å². The van der Waals surface area contributed by atoms with Crippen molar-refractivity contribution in [3.8, 4) is 6.07 Å². The van der Waals surface area contributed by atoms with Crippen LogP contribution in [0.4, 0.5) is 11.4 Å². The number of hydrogen-bond donors (Lipinski definition) is 1. The topological polar surface area (TPSA) is 109 Å². The van der Waals surface area contributed by atoms with Gasteiger partial charge in [-0.2, -0.15) is 5.26 Å². The predicted octanol–water partition coefficient (Wildman–Crippen LogP) is 4.46. The fourth-order valence-corrected chi connectivity index (χ4v) is 4.12. The van der Waals surface area contributed by atoms with Crippen molar-refractivity contribution in [2.75, 3.05) is 11.1 Å². The molecule has 130 valence electrons. The van der Waals surface area contributed by atoms with Crippen molar-refractivity contribution in [3.05, 3.63) is 57.1 Å². The van der Waals surface area contributed by atoms with Gasteiger partial charge in [0.15, 0.2) is 4.34 Å². The molecule has 0 spiro atoms. The maximum absolute atomic E-state index is 12.1. The second-order valence-corrected chi connectivity index (χ2v) is 7.72. The highest BCUT2D eigenvalue weighted by molar-refractivity contribution is 8.01. The third-order valence-electron chi connectivity index (χ3n) is 3.27. The molecule has 0 unspecified atom stereocenters. The Bertz CT molecular complexity index is 1060. The van der Waals surface area contributed by atoms with Crippen LogP contribution in [0.25, 0.3) is 10.2 Å². The van der Waals surface area contributed by atoms with Crippen LogP contribution in [0.5, 0.6) is 0 Å². The number of carbonyl (C=O) groups is 1. The standard InChI is InChI=1S/C16H9ClN4O3S2/c17-10-1-4-14-13(6-10)20-16(26-14)25-8-15(22)19-12-3-2-11(21(23)24)5-9(12)7-18/h1-6H,8H2,(H,19,22). The second-order valence-electron chi connectivity index (χ2n) is 5.03. The number of thiazole rings is 1. The Balaban J connectivity index is 1.67. The van der Waals surface area contributed by atoms with Crippen LogP contribution in [-0.4, -0.2) is 21.6 Å². The first kappa shape index (κ1) is 18.1. The molecule has 26 heavy (non-hydrogen) atoms. The van der Waals surface area contributed by atoms with Crippen molar-refractivity contribution in [2.45, 2.75) is 4.34 Å². The molecule has 0 radical (unpaired) electrons. The van der Waals surface area contributed by atoms with E-state index in [4.69, 9.17) is 16.9 Å². The highest BCUT2D eigenvalue weighted by atomic mass is 35.5. The minimum Gasteiger partial charge on any atom is -0.324 e. The number of nitro benzene ring substituents is 1. The van der Waals surface area contributed by atoms with E-state index in [-0.39, 0.29) is 28.6 Å². The number of aromatic nitrogens is 1. The summed E-state index contributed by atoms with van der Waals surface area (Å²) in [6.45, 7) is 0. The summed E-state index contributed by atoms with van der Waals surface area (Å²) in [7, 11) is 0.